The summed E-state index contributed by atoms with van der Waals surface area (Å²) >= 11 is 0. The normalized spacial score (nSPS) is 24.6. The molecule has 3 heteroatoms. The second-order valence-corrected chi connectivity index (χ2v) is 7.13. The molecule has 2 nitrogen and oxygen atoms in total. The molecule has 27 heavy (non-hydrogen) atoms. The molecular formula is C24H25BO2. The minimum atomic E-state index is -1.28. The fourth-order valence-electron chi connectivity index (χ4n) is 2.50. The molecule has 0 bridgehead atoms. The molecule has 0 radical (unpaired) electrons. The van der Waals surface area contributed by atoms with E-state index in [4.69, 9.17) is 27.1 Å². The van der Waals surface area contributed by atoms with Gasteiger partial charge in [0.25, 0.3) is 0 Å². The van der Waals surface area contributed by atoms with Gasteiger partial charge in [-0.3, -0.25) is 0 Å². The Hall–Kier alpha value is -2.36. The first-order valence-electron chi connectivity index (χ1n) is 14.9. The van der Waals surface area contributed by atoms with Crippen LogP contribution in [0.2, 0.25) is 0 Å². The molecule has 136 valence electrons. The highest BCUT2D eigenvalue weighted by Gasteiger charge is 2.51. The van der Waals surface area contributed by atoms with Crippen molar-refractivity contribution in [2.24, 2.45) is 0 Å². The van der Waals surface area contributed by atoms with Crippen molar-refractivity contribution >= 4 is 12.6 Å². The monoisotopic (exact) mass is 369 g/mol. The van der Waals surface area contributed by atoms with Crippen LogP contribution in [0.5, 0.6) is 0 Å². The molecule has 1 aliphatic rings. The number of hydrogen-bond donors (Lipinski definition) is 0. The van der Waals surface area contributed by atoms with Crippen LogP contribution in [0.15, 0.2) is 78.6 Å². The third-order valence-corrected chi connectivity index (χ3v) is 4.76. The van der Waals surface area contributed by atoms with E-state index in [1.807, 2.05) is 0 Å². The largest absolute Gasteiger partial charge is 0.494 e. The van der Waals surface area contributed by atoms with Crippen molar-refractivity contribution in [3.63, 3.8) is 0 Å². The van der Waals surface area contributed by atoms with E-state index in [0.717, 1.165) is 0 Å². The van der Waals surface area contributed by atoms with Crippen LogP contribution in [0.25, 0.3) is 22.3 Å². The average Bonchev–Trinajstić information content (AvgIpc) is 3.09. The predicted octanol–water partition coefficient (Wildman–Crippen LogP) is 5.32. The quantitative estimate of drug-likeness (QED) is 0.582. The fraction of sp³-hybridized carbons (Fsp3) is 0.250. The Morgan fingerprint density at radius 2 is 1.11 bits per heavy atom. The van der Waals surface area contributed by atoms with E-state index in [0.29, 0.717) is 0 Å². The molecule has 1 saturated heterocycles. The van der Waals surface area contributed by atoms with Gasteiger partial charge in [0.2, 0.25) is 0 Å². The summed E-state index contributed by atoms with van der Waals surface area (Å²) in [6.07, 6.45) is 0. The summed E-state index contributed by atoms with van der Waals surface area (Å²) < 4.78 is 121. The molecular weight excluding hydrogens is 331 g/mol. The van der Waals surface area contributed by atoms with Crippen LogP contribution >= 0.6 is 0 Å². The van der Waals surface area contributed by atoms with Crippen LogP contribution in [0.4, 0.5) is 0 Å². The standard InChI is InChI=1S/C24H25BO2/c1-23(2)24(3,4)27-25(26-23)22-12-8-11-21(17-22)20-15-13-19(14-16-20)18-9-6-5-7-10-18/h5-17H,1-4H3/i5D,6D,7D,8D,9D,10D,11D,12D,13D,14D,15D,16D,17D. The summed E-state index contributed by atoms with van der Waals surface area (Å²) in [7, 11) is -1.28. The highest BCUT2D eigenvalue weighted by atomic mass is 16.7. The van der Waals surface area contributed by atoms with Gasteiger partial charge in [-0.15, -0.1) is 0 Å². The van der Waals surface area contributed by atoms with Crippen molar-refractivity contribution in [3.8, 4) is 22.3 Å². The summed E-state index contributed by atoms with van der Waals surface area (Å²) in [5.41, 5.74) is -3.96. The van der Waals surface area contributed by atoms with E-state index in [-0.39, 0.29) is 5.46 Å². The molecule has 0 aromatic heterocycles. The van der Waals surface area contributed by atoms with Crippen LogP contribution in [0.1, 0.15) is 45.5 Å². The first-order valence-corrected chi connectivity index (χ1v) is 8.42. The zero-order valence-electron chi connectivity index (χ0n) is 28.4. The van der Waals surface area contributed by atoms with Gasteiger partial charge in [-0.1, -0.05) is 78.6 Å². The third-order valence-electron chi connectivity index (χ3n) is 4.76. The van der Waals surface area contributed by atoms with Gasteiger partial charge in [0.05, 0.1) is 29.0 Å². The maximum atomic E-state index is 8.88. The molecule has 0 amide bonds. The Balaban J connectivity index is 2.06. The molecule has 0 aliphatic carbocycles. The van der Waals surface area contributed by atoms with Crippen molar-refractivity contribution in [1.29, 1.82) is 0 Å². The van der Waals surface area contributed by atoms with E-state index >= 15 is 0 Å². The molecule has 0 saturated carbocycles. The maximum absolute atomic E-state index is 8.88. The lowest BCUT2D eigenvalue weighted by Gasteiger charge is -2.32. The fourth-order valence-corrected chi connectivity index (χ4v) is 2.50. The molecule has 1 aliphatic heterocycles. The lowest BCUT2D eigenvalue weighted by atomic mass is 9.78. The van der Waals surface area contributed by atoms with Crippen molar-refractivity contribution in [1.82, 2.24) is 0 Å². The molecule has 3 aromatic rings. The molecule has 0 unspecified atom stereocenters. The van der Waals surface area contributed by atoms with E-state index < -0.39 is 119 Å². The van der Waals surface area contributed by atoms with Gasteiger partial charge < -0.3 is 9.31 Å². The van der Waals surface area contributed by atoms with Crippen LogP contribution in [0, 0.1) is 0 Å². The van der Waals surface area contributed by atoms with Gasteiger partial charge in [0, 0.05) is 0 Å². The van der Waals surface area contributed by atoms with Crippen LogP contribution in [-0.2, 0) is 9.31 Å². The molecule has 0 N–H and O–H groups in total. The highest BCUT2D eigenvalue weighted by Crippen LogP contribution is 2.36. The first-order chi connectivity index (χ1) is 18.3. The minimum absolute atomic E-state index is 0.207. The van der Waals surface area contributed by atoms with Crippen molar-refractivity contribution in [3.05, 3.63) is 78.6 Å². The molecule has 1 fully saturated rings. The number of benzene rings is 3. The summed E-state index contributed by atoms with van der Waals surface area (Å²) in [6.45, 7) is 7.01. The third kappa shape index (κ3) is 3.45. The zero-order chi connectivity index (χ0) is 30.4. The Morgan fingerprint density at radius 3 is 1.70 bits per heavy atom. The zero-order valence-corrected chi connectivity index (χ0v) is 15.4. The Labute approximate surface area is 180 Å². The second kappa shape index (κ2) is 6.67. The van der Waals surface area contributed by atoms with E-state index in [9.17, 15) is 0 Å². The van der Waals surface area contributed by atoms with Gasteiger partial charge in [0.1, 0.15) is 0 Å². The Bertz CT molecular complexity index is 1530. The summed E-state index contributed by atoms with van der Waals surface area (Å²) in [6, 6.07) is -8.90. The summed E-state index contributed by atoms with van der Waals surface area (Å²) in [5, 5.41) is 0. The molecule has 0 atom stereocenters. The van der Waals surface area contributed by atoms with Gasteiger partial charge in [0.15, 0.2) is 0 Å². The SMILES string of the molecule is [2H]c1c([2H])c([2H])c(-c2c([2H])c([2H])c(-c3c([2H])c([2H])c([2H])c(B4OC(C)(C)C(C)(C)O4)c3[2H])c([2H])c2[2H])c([2H])c1[2H]. The van der Waals surface area contributed by atoms with Gasteiger partial charge in [-0.05, 0) is 55.4 Å². The topological polar surface area (TPSA) is 18.5 Å². The lowest BCUT2D eigenvalue weighted by Crippen LogP contribution is -2.41. The van der Waals surface area contributed by atoms with Crippen molar-refractivity contribution in [2.45, 2.75) is 38.9 Å². The van der Waals surface area contributed by atoms with E-state index in [2.05, 4.69) is 0 Å². The average molecular weight is 369 g/mol. The number of rotatable bonds is 3. The first kappa shape index (κ1) is 8.34. The predicted molar refractivity (Wildman–Crippen MR) is 113 cm³/mol. The molecule has 0 spiro atoms. The molecule has 4 rings (SSSR count). The smallest absolute Gasteiger partial charge is 0.399 e. The van der Waals surface area contributed by atoms with Crippen molar-refractivity contribution in [2.75, 3.05) is 0 Å². The van der Waals surface area contributed by atoms with Crippen LogP contribution in [-0.4, -0.2) is 18.3 Å². The highest BCUT2D eigenvalue weighted by molar-refractivity contribution is 6.62. The maximum Gasteiger partial charge on any atom is 0.494 e. The van der Waals surface area contributed by atoms with Crippen LogP contribution < -0.4 is 5.46 Å². The molecule has 3 aromatic carbocycles. The minimum Gasteiger partial charge on any atom is -0.399 e. The van der Waals surface area contributed by atoms with Gasteiger partial charge in [-0.2, -0.15) is 0 Å². The summed E-state index contributed by atoms with van der Waals surface area (Å²) in [4.78, 5) is 0. The molecule has 1 heterocycles. The van der Waals surface area contributed by atoms with E-state index in [1.165, 1.54) is 0 Å². The van der Waals surface area contributed by atoms with E-state index in [1.54, 1.807) is 27.7 Å². The van der Waals surface area contributed by atoms with Crippen LogP contribution in [0.3, 0.4) is 0 Å². The van der Waals surface area contributed by atoms with Gasteiger partial charge in [-0.25, -0.2) is 0 Å². The summed E-state index contributed by atoms with van der Waals surface area (Å²) in [5.74, 6) is 0. The Kier molecular flexibility index (Phi) is 2.06. The lowest BCUT2D eigenvalue weighted by molar-refractivity contribution is 0.00578. The Morgan fingerprint density at radius 1 is 0.630 bits per heavy atom. The van der Waals surface area contributed by atoms with Crippen molar-refractivity contribution < 1.29 is 27.1 Å². The second-order valence-electron chi connectivity index (χ2n) is 7.13. The number of hydrogen-bond acceptors (Lipinski definition) is 2. The van der Waals surface area contributed by atoms with Gasteiger partial charge >= 0.3 is 7.12 Å².